The molecule has 1 fully saturated rings. The SMILES string of the molecule is CCOC(=O)CCCOc1ccc(C=NN=C2NC(=O)C(CC(=O)O)S2)cc1. The molecule has 1 atom stereocenters. The fourth-order valence-electron chi connectivity index (χ4n) is 2.18. The van der Waals surface area contributed by atoms with Gasteiger partial charge in [0.25, 0.3) is 0 Å². The number of benzene rings is 1. The van der Waals surface area contributed by atoms with E-state index in [0.29, 0.717) is 31.8 Å². The number of carbonyl (C=O) groups is 3. The first kappa shape index (κ1) is 21.4. The average molecular weight is 407 g/mol. The Labute approximate surface area is 166 Å². The molecule has 0 radical (unpaired) electrons. The molecule has 0 bridgehead atoms. The van der Waals surface area contributed by atoms with E-state index in [1.54, 1.807) is 31.2 Å². The summed E-state index contributed by atoms with van der Waals surface area (Å²) in [5.41, 5.74) is 0.777. The number of carbonyl (C=O) groups excluding carboxylic acids is 2. The molecule has 0 aromatic heterocycles. The highest BCUT2D eigenvalue weighted by atomic mass is 32.2. The van der Waals surface area contributed by atoms with Crippen molar-refractivity contribution in [3.05, 3.63) is 29.8 Å². The van der Waals surface area contributed by atoms with Gasteiger partial charge >= 0.3 is 11.9 Å². The van der Waals surface area contributed by atoms with Crippen molar-refractivity contribution in [1.82, 2.24) is 5.32 Å². The first-order valence-electron chi connectivity index (χ1n) is 8.66. The maximum atomic E-state index is 11.6. The van der Waals surface area contributed by atoms with Crippen LogP contribution in [0.25, 0.3) is 0 Å². The summed E-state index contributed by atoms with van der Waals surface area (Å²) in [6, 6.07) is 7.12. The normalized spacial score (nSPS) is 17.7. The van der Waals surface area contributed by atoms with E-state index in [0.717, 1.165) is 17.3 Å². The summed E-state index contributed by atoms with van der Waals surface area (Å²) < 4.78 is 10.4. The molecule has 10 heteroatoms. The first-order chi connectivity index (χ1) is 13.5. The van der Waals surface area contributed by atoms with Crippen LogP contribution in [0.5, 0.6) is 5.75 Å². The van der Waals surface area contributed by atoms with Gasteiger partial charge < -0.3 is 19.9 Å². The van der Waals surface area contributed by atoms with Crippen LogP contribution in [0.3, 0.4) is 0 Å². The number of carboxylic acids is 1. The van der Waals surface area contributed by atoms with Gasteiger partial charge in [-0.25, -0.2) is 0 Å². The van der Waals surface area contributed by atoms with Gasteiger partial charge in [0, 0.05) is 6.42 Å². The van der Waals surface area contributed by atoms with Crippen LogP contribution >= 0.6 is 11.8 Å². The third-order valence-corrected chi connectivity index (χ3v) is 4.54. The lowest BCUT2D eigenvalue weighted by molar-refractivity contribution is -0.143. The van der Waals surface area contributed by atoms with Gasteiger partial charge in [-0.05, 0) is 43.2 Å². The molecule has 1 aliphatic rings. The van der Waals surface area contributed by atoms with Crippen LogP contribution in [0.1, 0.15) is 31.7 Å². The molecule has 150 valence electrons. The van der Waals surface area contributed by atoms with Crippen molar-refractivity contribution in [1.29, 1.82) is 0 Å². The Balaban J connectivity index is 1.77. The monoisotopic (exact) mass is 407 g/mol. The maximum absolute atomic E-state index is 11.6. The van der Waals surface area contributed by atoms with E-state index in [-0.39, 0.29) is 23.5 Å². The van der Waals surface area contributed by atoms with E-state index in [1.807, 2.05) is 0 Å². The van der Waals surface area contributed by atoms with Crippen molar-refractivity contribution in [2.45, 2.75) is 31.4 Å². The molecule has 0 aliphatic carbocycles. The molecule has 28 heavy (non-hydrogen) atoms. The molecule has 0 saturated carbocycles. The van der Waals surface area contributed by atoms with Crippen molar-refractivity contribution in [2.24, 2.45) is 10.2 Å². The molecule has 1 unspecified atom stereocenters. The van der Waals surface area contributed by atoms with Crippen molar-refractivity contribution in [3.8, 4) is 5.75 Å². The van der Waals surface area contributed by atoms with Gasteiger partial charge in [-0.1, -0.05) is 11.8 Å². The molecule has 9 nitrogen and oxygen atoms in total. The van der Waals surface area contributed by atoms with Gasteiger partial charge in [-0.3, -0.25) is 14.4 Å². The molecule has 1 aromatic rings. The van der Waals surface area contributed by atoms with E-state index in [9.17, 15) is 14.4 Å². The highest BCUT2D eigenvalue weighted by molar-refractivity contribution is 8.15. The summed E-state index contributed by atoms with van der Waals surface area (Å²) in [5.74, 6) is -0.987. The molecule has 1 amide bonds. The van der Waals surface area contributed by atoms with Crippen LogP contribution in [-0.2, 0) is 19.1 Å². The minimum atomic E-state index is -1.04. The van der Waals surface area contributed by atoms with Crippen molar-refractivity contribution >= 4 is 41.0 Å². The molecular formula is C18H21N3O6S. The van der Waals surface area contributed by atoms with Crippen molar-refractivity contribution in [3.63, 3.8) is 0 Å². The third kappa shape index (κ3) is 7.39. The molecular weight excluding hydrogens is 386 g/mol. The number of esters is 1. The van der Waals surface area contributed by atoms with E-state index in [4.69, 9.17) is 14.6 Å². The van der Waals surface area contributed by atoms with Crippen molar-refractivity contribution in [2.75, 3.05) is 13.2 Å². The summed E-state index contributed by atoms with van der Waals surface area (Å²) in [4.78, 5) is 33.5. The Bertz CT molecular complexity index is 763. The zero-order valence-electron chi connectivity index (χ0n) is 15.3. The maximum Gasteiger partial charge on any atom is 0.305 e. The number of carboxylic acid groups (broad SMARTS) is 1. The Morgan fingerprint density at radius 2 is 2.07 bits per heavy atom. The minimum absolute atomic E-state index is 0.231. The number of hydrogen-bond acceptors (Lipinski definition) is 8. The highest BCUT2D eigenvalue weighted by Crippen LogP contribution is 2.22. The molecule has 1 heterocycles. The van der Waals surface area contributed by atoms with Gasteiger partial charge in [0.05, 0.1) is 25.8 Å². The molecule has 2 rings (SSSR count). The second-order valence-corrected chi connectivity index (χ2v) is 6.86. The fourth-order valence-corrected chi connectivity index (χ4v) is 3.10. The second-order valence-electron chi connectivity index (χ2n) is 5.67. The van der Waals surface area contributed by atoms with Gasteiger partial charge in [0.1, 0.15) is 11.0 Å². The van der Waals surface area contributed by atoms with Gasteiger partial charge in [-0.2, -0.15) is 5.10 Å². The van der Waals surface area contributed by atoms with Crippen LogP contribution in [-0.4, -0.2) is 52.8 Å². The van der Waals surface area contributed by atoms with Gasteiger partial charge in [-0.15, -0.1) is 5.10 Å². The summed E-state index contributed by atoms with van der Waals surface area (Å²) in [6.07, 6.45) is 2.14. The number of amidine groups is 1. The Morgan fingerprint density at radius 1 is 1.32 bits per heavy atom. The lowest BCUT2D eigenvalue weighted by Crippen LogP contribution is -2.26. The Kier molecular flexibility index (Phi) is 8.47. The van der Waals surface area contributed by atoms with E-state index in [1.165, 1.54) is 6.21 Å². The predicted molar refractivity (Wildman–Crippen MR) is 105 cm³/mol. The van der Waals surface area contributed by atoms with E-state index >= 15 is 0 Å². The smallest absolute Gasteiger partial charge is 0.305 e. The Morgan fingerprint density at radius 3 is 2.75 bits per heavy atom. The quantitative estimate of drug-likeness (QED) is 0.262. The number of amides is 1. The van der Waals surface area contributed by atoms with E-state index in [2.05, 4.69) is 15.5 Å². The number of thioether (sulfide) groups is 1. The summed E-state index contributed by atoms with van der Waals surface area (Å²) in [6.45, 7) is 2.56. The van der Waals surface area contributed by atoms with Crippen LogP contribution in [0.15, 0.2) is 34.5 Å². The standard InChI is InChI=1S/C18H21N3O6S/c1-2-26-16(24)4-3-9-27-13-7-5-12(6-8-13)11-19-21-18-20-17(25)14(28-18)10-15(22)23/h5-8,11,14H,2-4,9-10H2,1H3,(H,22,23)(H,20,21,25). The van der Waals surface area contributed by atoms with Crippen LogP contribution < -0.4 is 10.1 Å². The number of aliphatic carboxylic acids is 1. The Hall–Kier alpha value is -2.88. The largest absolute Gasteiger partial charge is 0.494 e. The van der Waals surface area contributed by atoms with Crippen LogP contribution in [0, 0.1) is 0 Å². The fraction of sp³-hybridized carbons (Fsp3) is 0.389. The minimum Gasteiger partial charge on any atom is -0.494 e. The topological polar surface area (TPSA) is 127 Å². The van der Waals surface area contributed by atoms with Crippen molar-refractivity contribution < 1.29 is 29.0 Å². The van der Waals surface area contributed by atoms with Crippen LogP contribution in [0.4, 0.5) is 0 Å². The number of nitrogens with one attached hydrogen (secondary N) is 1. The van der Waals surface area contributed by atoms with Gasteiger partial charge in [0.2, 0.25) is 5.91 Å². The summed E-state index contributed by atoms with van der Waals surface area (Å²) in [5, 5.41) is 18.6. The molecule has 2 N–H and O–H groups in total. The zero-order chi connectivity index (χ0) is 20.4. The predicted octanol–water partition coefficient (Wildman–Crippen LogP) is 1.80. The highest BCUT2D eigenvalue weighted by Gasteiger charge is 2.32. The lowest BCUT2D eigenvalue weighted by Gasteiger charge is -2.06. The van der Waals surface area contributed by atoms with E-state index < -0.39 is 11.2 Å². The molecule has 1 aliphatic heterocycles. The molecule has 0 spiro atoms. The second kappa shape index (κ2) is 11.1. The summed E-state index contributed by atoms with van der Waals surface area (Å²) in [7, 11) is 0. The van der Waals surface area contributed by atoms with Gasteiger partial charge in [0.15, 0.2) is 5.17 Å². The number of hydrogen-bond donors (Lipinski definition) is 2. The average Bonchev–Trinajstić information content (AvgIpc) is 2.99. The molecule has 1 saturated heterocycles. The zero-order valence-corrected chi connectivity index (χ0v) is 16.1. The number of nitrogens with zero attached hydrogens (tertiary/aromatic N) is 2. The number of ether oxygens (including phenoxy) is 2. The third-order valence-electron chi connectivity index (χ3n) is 3.47. The van der Waals surface area contributed by atoms with Crippen LogP contribution in [0.2, 0.25) is 0 Å². The summed E-state index contributed by atoms with van der Waals surface area (Å²) >= 11 is 1.04. The first-order valence-corrected chi connectivity index (χ1v) is 9.54. The molecule has 1 aromatic carbocycles. The number of rotatable bonds is 10. The lowest BCUT2D eigenvalue weighted by atomic mass is 10.2.